The summed E-state index contributed by atoms with van der Waals surface area (Å²) < 4.78 is 59.9. The molecule has 0 fully saturated rings. The van der Waals surface area contributed by atoms with Crippen molar-refractivity contribution in [2.75, 3.05) is 145 Å². The van der Waals surface area contributed by atoms with E-state index in [1.807, 2.05) is 0 Å². The Balaban J connectivity index is 3.01. The highest BCUT2D eigenvalue weighted by molar-refractivity contribution is 4.39. The Hall–Kier alpha value is -0.440. The van der Waals surface area contributed by atoms with Crippen molar-refractivity contribution in [3.63, 3.8) is 0 Å². The van der Waals surface area contributed by atoms with E-state index >= 15 is 0 Å². The highest BCUT2D eigenvalue weighted by Gasteiger charge is 1.96. The Bertz CT molecular complexity index is 383. The molecule has 0 aliphatic rings. The summed E-state index contributed by atoms with van der Waals surface area (Å²) >= 11 is 0. The van der Waals surface area contributed by atoms with Crippen molar-refractivity contribution in [1.29, 1.82) is 0 Å². The molecule has 0 amide bonds. The molecular formula is C28H58O11. The van der Waals surface area contributed by atoms with Gasteiger partial charge in [0.2, 0.25) is 0 Å². The van der Waals surface area contributed by atoms with Gasteiger partial charge in [0.1, 0.15) is 0 Å². The molecule has 39 heavy (non-hydrogen) atoms. The van der Waals surface area contributed by atoms with Crippen LogP contribution in [0.2, 0.25) is 0 Å². The topological polar surface area (TPSA) is 102 Å². The zero-order chi connectivity index (χ0) is 28.2. The van der Waals surface area contributed by atoms with Crippen LogP contribution in [0.15, 0.2) is 0 Å². The van der Waals surface area contributed by atoms with Gasteiger partial charge in [-0.1, -0.05) is 26.7 Å². The molecule has 0 N–H and O–H groups in total. The molecule has 0 spiro atoms. The molecule has 236 valence electrons. The van der Waals surface area contributed by atoms with E-state index in [4.69, 9.17) is 52.1 Å². The normalized spacial score (nSPS) is 11.5. The van der Waals surface area contributed by atoms with Gasteiger partial charge in [-0.05, 0) is 12.8 Å². The molecule has 0 aromatic carbocycles. The fourth-order valence-corrected chi connectivity index (χ4v) is 2.79. The highest BCUT2D eigenvalue weighted by atomic mass is 16.6. The number of hydrogen-bond donors (Lipinski definition) is 0. The van der Waals surface area contributed by atoms with Crippen molar-refractivity contribution < 1.29 is 52.1 Å². The lowest BCUT2D eigenvalue weighted by Gasteiger charge is -2.09. The average Bonchev–Trinajstić information content (AvgIpc) is 2.95. The van der Waals surface area contributed by atoms with Crippen LogP contribution in [0.4, 0.5) is 0 Å². The van der Waals surface area contributed by atoms with Crippen LogP contribution in [0.3, 0.4) is 0 Å². The first-order valence-electron chi connectivity index (χ1n) is 14.8. The lowest BCUT2D eigenvalue weighted by molar-refractivity contribution is -0.0275. The highest BCUT2D eigenvalue weighted by Crippen LogP contribution is 1.90. The predicted molar refractivity (Wildman–Crippen MR) is 149 cm³/mol. The monoisotopic (exact) mass is 570 g/mol. The van der Waals surface area contributed by atoms with Gasteiger partial charge >= 0.3 is 0 Å². The van der Waals surface area contributed by atoms with Gasteiger partial charge in [-0.25, -0.2) is 0 Å². The summed E-state index contributed by atoms with van der Waals surface area (Å²) in [4.78, 5) is 0. The second-order valence-electron chi connectivity index (χ2n) is 8.44. The lowest BCUT2D eigenvalue weighted by atomic mass is 10.4. The van der Waals surface area contributed by atoms with Gasteiger partial charge in [0.25, 0.3) is 0 Å². The second kappa shape index (κ2) is 37.6. The molecular weight excluding hydrogens is 512 g/mol. The van der Waals surface area contributed by atoms with E-state index in [1.54, 1.807) is 0 Å². The molecule has 0 saturated carbocycles. The number of hydrogen-bond acceptors (Lipinski definition) is 11. The van der Waals surface area contributed by atoms with Gasteiger partial charge in [-0.2, -0.15) is 0 Å². The van der Waals surface area contributed by atoms with E-state index < -0.39 is 0 Å². The van der Waals surface area contributed by atoms with Crippen LogP contribution in [0.25, 0.3) is 0 Å². The molecule has 0 atom stereocenters. The number of ether oxygens (including phenoxy) is 11. The van der Waals surface area contributed by atoms with E-state index in [1.165, 1.54) is 0 Å². The van der Waals surface area contributed by atoms with Gasteiger partial charge in [0, 0.05) is 13.2 Å². The lowest BCUT2D eigenvalue weighted by Crippen LogP contribution is -2.15. The zero-order valence-corrected chi connectivity index (χ0v) is 24.9. The quantitative estimate of drug-likeness (QED) is 0.104. The summed E-state index contributed by atoms with van der Waals surface area (Å²) in [5, 5.41) is 0. The molecule has 0 aliphatic heterocycles. The Morgan fingerprint density at radius 2 is 0.333 bits per heavy atom. The molecule has 0 aromatic heterocycles. The average molecular weight is 571 g/mol. The van der Waals surface area contributed by atoms with Crippen molar-refractivity contribution in [1.82, 2.24) is 0 Å². The first-order chi connectivity index (χ1) is 19.4. The van der Waals surface area contributed by atoms with Crippen LogP contribution in [-0.4, -0.2) is 145 Å². The molecule has 0 rings (SSSR count). The molecule has 11 nitrogen and oxygen atoms in total. The van der Waals surface area contributed by atoms with Crippen molar-refractivity contribution >= 4 is 0 Å². The second-order valence-corrected chi connectivity index (χ2v) is 8.44. The van der Waals surface area contributed by atoms with Gasteiger partial charge in [-0.3, -0.25) is 0 Å². The van der Waals surface area contributed by atoms with E-state index in [-0.39, 0.29) is 0 Å². The third kappa shape index (κ3) is 37.6. The van der Waals surface area contributed by atoms with Crippen molar-refractivity contribution in [3.8, 4) is 0 Å². The summed E-state index contributed by atoms with van der Waals surface area (Å²) in [7, 11) is 0. The van der Waals surface area contributed by atoms with E-state index in [2.05, 4.69) is 13.8 Å². The standard InChI is InChI=1S/C28H58O11/c1-3-5-7-29-9-11-31-13-15-33-17-19-35-21-23-37-25-27-39-28-26-38-24-22-36-20-18-34-16-14-32-12-10-30-8-6-4-2/h3-28H2,1-2H3. The van der Waals surface area contributed by atoms with Crippen LogP contribution < -0.4 is 0 Å². The van der Waals surface area contributed by atoms with E-state index in [0.29, 0.717) is 132 Å². The Labute approximate surface area is 237 Å². The maximum Gasteiger partial charge on any atom is 0.0701 e. The van der Waals surface area contributed by atoms with Gasteiger partial charge in [0.15, 0.2) is 0 Å². The van der Waals surface area contributed by atoms with Gasteiger partial charge in [0.05, 0.1) is 132 Å². The Morgan fingerprint density at radius 3 is 0.462 bits per heavy atom. The molecule has 0 bridgehead atoms. The smallest absolute Gasteiger partial charge is 0.0701 e. The molecule has 0 unspecified atom stereocenters. The van der Waals surface area contributed by atoms with Crippen LogP contribution in [-0.2, 0) is 52.1 Å². The third-order valence-electron chi connectivity index (χ3n) is 5.00. The summed E-state index contributed by atoms with van der Waals surface area (Å²) in [6, 6.07) is 0. The minimum absolute atomic E-state index is 0.527. The Kier molecular flexibility index (Phi) is 37.1. The number of unbranched alkanes of at least 4 members (excludes halogenated alkanes) is 2. The Morgan fingerprint density at radius 1 is 0.205 bits per heavy atom. The minimum atomic E-state index is 0.527. The largest absolute Gasteiger partial charge is 0.379 e. The SMILES string of the molecule is CCCCOCCOCCOCCOCCOCCOCCOCCOCCOCCOCCOCCCC. The van der Waals surface area contributed by atoms with Gasteiger partial charge in [-0.15, -0.1) is 0 Å². The fourth-order valence-electron chi connectivity index (χ4n) is 2.79. The van der Waals surface area contributed by atoms with Crippen LogP contribution in [0.5, 0.6) is 0 Å². The maximum atomic E-state index is 5.47. The first kappa shape index (κ1) is 38.6. The van der Waals surface area contributed by atoms with E-state index in [0.717, 1.165) is 38.9 Å². The zero-order valence-electron chi connectivity index (χ0n) is 24.9. The summed E-state index contributed by atoms with van der Waals surface area (Å²) in [6.45, 7) is 17.1. The fraction of sp³-hybridized carbons (Fsp3) is 1.00. The maximum absolute atomic E-state index is 5.47. The first-order valence-corrected chi connectivity index (χ1v) is 14.8. The summed E-state index contributed by atoms with van der Waals surface area (Å²) in [6.07, 6.45) is 4.50. The predicted octanol–water partition coefficient (Wildman–Crippen LogP) is 2.77. The summed E-state index contributed by atoms with van der Waals surface area (Å²) in [5.74, 6) is 0. The third-order valence-corrected chi connectivity index (χ3v) is 5.00. The molecule has 0 aromatic rings. The van der Waals surface area contributed by atoms with Crippen molar-refractivity contribution in [2.45, 2.75) is 39.5 Å². The minimum Gasteiger partial charge on any atom is -0.379 e. The van der Waals surface area contributed by atoms with Crippen LogP contribution in [0, 0.1) is 0 Å². The molecule has 0 aliphatic carbocycles. The molecule has 0 saturated heterocycles. The van der Waals surface area contributed by atoms with E-state index in [9.17, 15) is 0 Å². The molecule has 0 radical (unpaired) electrons. The molecule has 11 heteroatoms. The van der Waals surface area contributed by atoms with Crippen molar-refractivity contribution in [3.05, 3.63) is 0 Å². The summed E-state index contributed by atoms with van der Waals surface area (Å²) in [5.41, 5.74) is 0. The number of rotatable bonds is 36. The van der Waals surface area contributed by atoms with Crippen LogP contribution in [0.1, 0.15) is 39.5 Å². The van der Waals surface area contributed by atoms with Crippen molar-refractivity contribution in [2.24, 2.45) is 0 Å². The van der Waals surface area contributed by atoms with Crippen LogP contribution >= 0.6 is 0 Å². The van der Waals surface area contributed by atoms with Gasteiger partial charge < -0.3 is 52.1 Å². The molecule has 0 heterocycles.